The van der Waals surface area contributed by atoms with Crippen molar-refractivity contribution in [2.75, 3.05) is 16.8 Å². The van der Waals surface area contributed by atoms with Gasteiger partial charge in [0.1, 0.15) is 7.05 Å². The van der Waals surface area contributed by atoms with E-state index in [0.717, 1.165) is 58.5 Å². The van der Waals surface area contributed by atoms with Gasteiger partial charge in [0.25, 0.3) is 5.52 Å². The van der Waals surface area contributed by atoms with Crippen LogP contribution in [0.4, 0.5) is 17.1 Å². The predicted molar refractivity (Wildman–Crippen MR) is 169 cm³/mol. The molecule has 4 aromatic carbocycles. The van der Waals surface area contributed by atoms with Crippen LogP contribution in [0.1, 0.15) is 18.7 Å². The summed E-state index contributed by atoms with van der Waals surface area (Å²) in [5.74, 6) is 2.50. The number of hydrogen-bond donors (Lipinski definition) is 0. The number of rotatable bonds is 6. The highest BCUT2D eigenvalue weighted by Crippen LogP contribution is 2.42. The third-order valence-corrected chi connectivity index (χ3v) is 7.92. The number of hydrogen-bond acceptors (Lipinski definition) is 4. The first-order chi connectivity index (χ1) is 20.7. The largest absolute Gasteiger partial charge is 0.439 e. The topological polar surface area (TPSA) is 32.7 Å². The van der Waals surface area contributed by atoms with Crippen molar-refractivity contribution in [1.82, 2.24) is 0 Å². The first-order valence-corrected chi connectivity index (χ1v) is 14.3. The number of nitrogens with zero attached hydrogens (tertiary/aromatic N) is 3. The second-order valence-corrected chi connectivity index (χ2v) is 10.5. The fraction of sp³-hybridized carbons (Fsp3) is 0.108. The highest BCUT2D eigenvalue weighted by molar-refractivity contribution is 5.75. The number of oxazole rings is 1. The molecule has 0 atom stereocenters. The molecule has 5 aromatic rings. The average molecular weight is 551 g/mol. The van der Waals surface area contributed by atoms with Crippen molar-refractivity contribution in [3.8, 4) is 5.75 Å². The van der Waals surface area contributed by atoms with Crippen LogP contribution < -0.4 is 19.1 Å². The number of anilines is 3. The average Bonchev–Trinajstić information content (AvgIpc) is 3.69. The van der Waals surface area contributed by atoms with Crippen molar-refractivity contribution in [1.29, 1.82) is 0 Å². The van der Waals surface area contributed by atoms with Crippen molar-refractivity contribution in [2.24, 2.45) is 7.05 Å². The molecule has 0 fully saturated rings. The van der Waals surface area contributed by atoms with E-state index in [-0.39, 0.29) is 0 Å². The normalized spacial score (nSPS) is 16.7. The Morgan fingerprint density at radius 1 is 0.738 bits per heavy atom. The Balaban J connectivity index is 1.35. The maximum atomic E-state index is 6.20. The van der Waals surface area contributed by atoms with E-state index in [2.05, 4.69) is 111 Å². The zero-order valence-electron chi connectivity index (χ0n) is 23.8. The zero-order chi connectivity index (χ0) is 28.5. The molecular weight excluding hydrogens is 518 g/mol. The van der Waals surface area contributed by atoms with Gasteiger partial charge in [0, 0.05) is 24.5 Å². The van der Waals surface area contributed by atoms with Gasteiger partial charge in [-0.05, 0) is 78.6 Å². The van der Waals surface area contributed by atoms with Gasteiger partial charge in [-0.2, -0.15) is 4.57 Å². The number of aryl methyl sites for hydroxylation is 1. The molecule has 2 aliphatic rings. The Labute approximate surface area is 246 Å². The summed E-state index contributed by atoms with van der Waals surface area (Å²) in [7, 11) is 4.09. The Bertz CT molecular complexity index is 1840. The van der Waals surface area contributed by atoms with Crippen LogP contribution in [-0.4, -0.2) is 7.05 Å². The highest BCUT2D eigenvalue weighted by Gasteiger charge is 2.27. The monoisotopic (exact) mass is 550 g/mol. The molecule has 0 radical (unpaired) electrons. The number of fused-ring (bicyclic) bond motifs is 2. The first kappa shape index (κ1) is 25.7. The van der Waals surface area contributed by atoms with Gasteiger partial charge in [0.05, 0.1) is 17.5 Å². The second kappa shape index (κ2) is 10.9. The lowest BCUT2D eigenvalue weighted by atomic mass is 10.1. The van der Waals surface area contributed by atoms with Crippen molar-refractivity contribution >= 4 is 34.2 Å². The quantitative estimate of drug-likeness (QED) is 0.199. The van der Waals surface area contributed by atoms with Crippen molar-refractivity contribution in [3.63, 3.8) is 0 Å². The van der Waals surface area contributed by atoms with Crippen LogP contribution in [0.5, 0.6) is 5.75 Å². The van der Waals surface area contributed by atoms with E-state index in [9.17, 15) is 0 Å². The number of allylic oxidation sites excluding steroid dienone is 5. The summed E-state index contributed by atoms with van der Waals surface area (Å²) in [6.07, 6.45) is 10.4. The summed E-state index contributed by atoms with van der Waals surface area (Å²) in [5.41, 5.74) is 8.92. The molecule has 2 heterocycles. The standard InChI is InChI=1S/C37H32N3O2/c1-38-31-17-9-11-19-33(31)41-35(38)25-23-27-21-22-28(24-26-36-39(2)32-18-10-12-20-34(32)42-36)37(27)40(29-13-5-3-6-14-29)30-15-7-4-8-16-30/h3-20,23-26H,21-22H2,1-2H3/q+1. The maximum absolute atomic E-state index is 6.20. The Kier molecular flexibility index (Phi) is 6.68. The van der Waals surface area contributed by atoms with E-state index in [1.54, 1.807) is 0 Å². The number of ether oxygens (including phenoxy) is 1. The molecule has 7 rings (SSSR count). The smallest absolute Gasteiger partial charge is 0.373 e. The van der Waals surface area contributed by atoms with Crippen LogP contribution in [0.15, 0.2) is 155 Å². The zero-order valence-corrected chi connectivity index (χ0v) is 23.8. The van der Waals surface area contributed by atoms with Crippen LogP contribution in [0.3, 0.4) is 0 Å². The molecule has 0 amide bonds. The number of benzene rings is 4. The molecule has 0 saturated carbocycles. The molecule has 5 nitrogen and oxygen atoms in total. The summed E-state index contributed by atoms with van der Waals surface area (Å²) in [6, 6.07) is 37.4. The number of para-hydroxylation sites is 6. The van der Waals surface area contributed by atoms with Crippen molar-refractivity contribution in [3.05, 3.63) is 156 Å². The second-order valence-electron chi connectivity index (χ2n) is 10.5. The summed E-state index contributed by atoms with van der Waals surface area (Å²) >= 11 is 0. The summed E-state index contributed by atoms with van der Waals surface area (Å²) < 4.78 is 14.5. The van der Waals surface area contributed by atoms with Gasteiger partial charge in [-0.3, -0.25) is 0 Å². The molecule has 0 saturated heterocycles. The molecule has 206 valence electrons. The SMILES string of the molecule is CN1C(=CC=C2CCC(C=Cc3oc4ccccc4[n+]3C)=C2N(c2ccccc2)c2ccccc2)Oc2ccccc21. The summed E-state index contributed by atoms with van der Waals surface area (Å²) in [5, 5.41) is 0. The fourth-order valence-corrected chi connectivity index (χ4v) is 5.76. The van der Waals surface area contributed by atoms with E-state index in [0.29, 0.717) is 0 Å². The predicted octanol–water partition coefficient (Wildman–Crippen LogP) is 8.45. The Hall–Kier alpha value is -5.29. The van der Waals surface area contributed by atoms with Gasteiger partial charge in [0.2, 0.25) is 5.58 Å². The minimum Gasteiger partial charge on any atom is -0.439 e. The molecule has 0 unspecified atom stereocenters. The third kappa shape index (κ3) is 4.69. The van der Waals surface area contributed by atoms with Gasteiger partial charge in [-0.15, -0.1) is 0 Å². The van der Waals surface area contributed by atoms with E-state index < -0.39 is 0 Å². The molecule has 0 N–H and O–H groups in total. The van der Waals surface area contributed by atoms with Crippen LogP contribution in [-0.2, 0) is 7.05 Å². The molecule has 0 spiro atoms. The van der Waals surface area contributed by atoms with Gasteiger partial charge in [0.15, 0.2) is 11.6 Å². The summed E-state index contributed by atoms with van der Waals surface area (Å²) in [4.78, 5) is 4.46. The van der Waals surface area contributed by atoms with Gasteiger partial charge >= 0.3 is 5.89 Å². The number of aromatic nitrogens is 1. The van der Waals surface area contributed by atoms with E-state index in [1.807, 2.05) is 50.5 Å². The molecule has 42 heavy (non-hydrogen) atoms. The van der Waals surface area contributed by atoms with Gasteiger partial charge in [-0.1, -0.05) is 66.7 Å². The molecular formula is C37H32N3O2+. The van der Waals surface area contributed by atoms with Gasteiger partial charge in [-0.25, -0.2) is 0 Å². The lowest BCUT2D eigenvalue weighted by Gasteiger charge is -2.28. The van der Waals surface area contributed by atoms with Crippen LogP contribution in [0, 0.1) is 0 Å². The van der Waals surface area contributed by atoms with Crippen molar-refractivity contribution in [2.45, 2.75) is 12.8 Å². The molecule has 1 aromatic heterocycles. The first-order valence-electron chi connectivity index (χ1n) is 14.3. The molecule has 0 bridgehead atoms. The highest BCUT2D eigenvalue weighted by atomic mass is 16.5. The Morgan fingerprint density at radius 2 is 1.40 bits per heavy atom. The van der Waals surface area contributed by atoms with E-state index in [4.69, 9.17) is 9.15 Å². The lowest BCUT2D eigenvalue weighted by Crippen LogP contribution is -2.29. The van der Waals surface area contributed by atoms with Crippen LogP contribution in [0.2, 0.25) is 0 Å². The molecule has 1 aliphatic heterocycles. The minimum absolute atomic E-state index is 0.812. The van der Waals surface area contributed by atoms with E-state index in [1.165, 1.54) is 16.8 Å². The van der Waals surface area contributed by atoms with Crippen molar-refractivity contribution < 1.29 is 13.7 Å². The summed E-state index contributed by atoms with van der Waals surface area (Å²) in [6.45, 7) is 0. The maximum Gasteiger partial charge on any atom is 0.373 e. The Morgan fingerprint density at radius 3 is 2.12 bits per heavy atom. The molecule has 5 heteroatoms. The minimum atomic E-state index is 0.812. The third-order valence-electron chi connectivity index (χ3n) is 7.92. The van der Waals surface area contributed by atoms with Crippen LogP contribution >= 0.6 is 0 Å². The van der Waals surface area contributed by atoms with E-state index >= 15 is 0 Å². The fourth-order valence-electron chi connectivity index (χ4n) is 5.76. The van der Waals surface area contributed by atoms with Gasteiger partial charge < -0.3 is 19.0 Å². The van der Waals surface area contributed by atoms with Crippen LogP contribution in [0.25, 0.3) is 17.2 Å². The lowest BCUT2D eigenvalue weighted by molar-refractivity contribution is -0.652. The molecule has 1 aliphatic carbocycles.